The van der Waals surface area contributed by atoms with Crippen LogP contribution in [0.25, 0.3) is 11.2 Å². The predicted molar refractivity (Wildman–Crippen MR) is 59.3 cm³/mol. The highest BCUT2D eigenvalue weighted by atomic mass is 15.1. The van der Waals surface area contributed by atoms with Gasteiger partial charge in [0.25, 0.3) is 0 Å². The van der Waals surface area contributed by atoms with Gasteiger partial charge in [0.05, 0.1) is 12.5 Å². The Bertz CT molecular complexity index is 471. The number of hydrogen-bond acceptors (Lipinski definition) is 4. The van der Waals surface area contributed by atoms with Crippen molar-refractivity contribution in [2.24, 2.45) is 5.92 Å². The standard InChI is InChI=1S/C10H13N5/c1-7(2)3-4-11-10-12-5-8-9(15-10)14-6-13-8/h3-7H,1-2H3,(H2,11,12,13,14,15). The van der Waals surface area contributed by atoms with E-state index in [1.54, 1.807) is 12.5 Å². The lowest BCUT2D eigenvalue weighted by Crippen LogP contribution is -1.95. The topological polar surface area (TPSA) is 66.5 Å². The molecule has 0 spiro atoms. The van der Waals surface area contributed by atoms with Crippen molar-refractivity contribution in [2.75, 3.05) is 5.32 Å². The van der Waals surface area contributed by atoms with Crippen LogP contribution in [0, 0.1) is 5.92 Å². The average molecular weight is 203 g/mol. The third-order valence-electron chi connectivity index (χ3n) is 1.87. The molecular weight excluding hydrogens is 190 g/mol. The lowest BCUT2D eigenvalue weighted by molar-refractivity contribution is 0.830. The molecule has 0 aliphatic rings. The predicted octanol–water partition coefficient (Wildman–Crippen LogP) is 1.93. The third-order valence-corrected chi connectivity index (χ3v) is 1.87. The number of nitrogens with one attached hydrogen (secondary N) is 2. The summed E-state index contributed by atoms with van der Waals surface area (Å²) in [5.41, 5.74) is 1.51. The van der Waals surface area contributed by atoms with Gasteiger partial charge in [-0.15, -0.1) is 0 Å². The van der Waals surface area contributed by atoms with E-state index in [9.17, 15) is 0 Å². The summed E-state index contributed by atoms with van der Waals surface area (Å²) in [7, 11) is 0. The van der Waals surface area contributed by atoms with Gasteiger partial charge in [0.2, 0.25) is 5.95 Å². The Morgan fingerprint density at radius 3 is 3.07 bits per heavy atom. The molecule has 78 valence electrons. The normalized spacial score (nSPS) is 11.7. The second kappa shape index (κ2) is 4.08. The van der Waals surface area contributed by atoms with Gasteiger partial charge in [-0.25, -0.2) is 9.97 Å². The quantitative estimate of drug-likeness (QED) is 0.800. The fourth-order valence-corrected chi connectivity index (χ4v) is 1.12. The second-order valence-corrected chi connectivity index (χ2v) is 3.58. The van der Waals surface area contributed by atoms with Gasteiger partial charge >= 0.3 is 0 Å². The highest BCUT2D eigenvalue weighted by Crippen LogP contribution is 2.07. The van der Waals surface area contributed by atoms with Gasteiger partial charge in [-0.3, -0.25) is 0 Å². The number of hydrogen-bond donors (Lipinski definition) is 2. The van der Waals surface area contributed by atoms with E-state index < -0.39 is 0 Å². The van der Waals surface area contributed by atoms with E-state index in [0.717, 1.165) is 5.52 Å². The molecule has 0 bridgehead atoms. The summed E-state index contributed by atoms with van der Waals surface area (Å²) in [6, 6.07) is 0. The zero-order valence-electron chi connectivity index (χ0n) is 8.73. The molecule has 0 fully saturated rings. The fourth-order valence-electron chi connectivity index (χ4n) is 1.12. The third kappa shape index (κ3) is 2.31. The second-order valence-electron chi connectivity index (χ2n) is 3.58. The molecule has 0 aliphatic heterocycles. The smallest absolute Gasteiger partial charge is 0.228 e. The lowest BCUT2D eigenvalue weighted by Gasteiger charge is -1.98. The van der Waals surface area contributed by atoms with Crippen molar-refractivity contribution in [3.63, 3.8) is 0 Å². The molecule has 5 nitrogen and oxygen atoms in total. The van der Waals surface area contributed by atoms with Gasteiger partial charge in [0.1, 0.15) is 5.52 Å². The summed E-state index contributed by atoms with van der Waals surface area (Å²) in [6.45, 7) is 4.21. The molecule has 15 heavy (non-hydrogen) atoms. The number of anilines is 1. The summed E-state index contributed by atoms with van der Waals surface area (Å²) >= 11 is 0. The van der Waals surface area contributed by atoms with Crippen molar-refractivity contribution < 1.29 is 0 Å². The van der Waals surface area contributed by atoms with Crippen molar-refractivity contribution in [3.05, 3.63) is 24.8 Å². The lowest BCUT2D eigenvalue weighted by atomic mass is 10.2. The number of imidazole rings is 1. The van der Waals surface area contributed by atoms with E-state index in [1.807, 2.05) is 12.3 Å². The number of rotatable bonds is 3. The van der Waals surface area contributed by atoms with E-state index in [1.165, 1.54) is 0 Å². The van der Waals surface area contributed by atoms with Crippen molar-refractivity contribution in [1.29, 1.82) is 0 Å². The summed E-state index contributed by atoms with van der Waals surface area (Å²) in [4.78, 5) is 15.3. The zero-order valence-corrected chi connectivity index (χ0v) is 8.73. The SMILES string of the molecule is CC(C)C=CNc1ncc2[nH]cnc2n1. The van der Waals surface area contributed by atoms with Crippen LogP contribution in [0.3, 0.4) is 0 Å². The van der Waals surface area contributed by atoms with Crippen LogP contribution < -0.4 is 5.32 Å². The first kappa shape index (κ1) is 9.64. The number of nitrogens with zero attached hydrogens (tertiary/aromatic N) is 3. The van der Waals surface area contributed by atoms with Crippen LogP contribution in [0.2, 0.25) is 0 Å². The highest BCUT2D eigenvalue weighted by Gasteiger charge is 1.99. The molecule has 0 saturated heterocycles. The van der Waals surface area contributed by atoms with Gasteiger partial charge < -0.3 is 10.3 Å². The van der Waals surface area contributed by atoms with Crippen LogP contribution in [-0.4, -0.2) is 19.9 Å². The molecule has 2 N–H and O–H groups in total. The van der Waals surface area contributed by atoms with Crippen molar-refractivity contribution in [2.45, 2.75) is 13.8 Å². The van der Waals surface area contributed by atoms with Crippen molar-refractivity contribution >= 4 is 17.1 Å². The molecule has 2 aromatic heterocycles. The Hall–Kier alpha value is -1.91. The Balaban J connectivity index is 2.14. The van der Waals surface area contributed by atoms with Gasteiger partial charge in [-0.1, -0.05) is 19.9 Å². The largest absolute Gasteiger partial charge is 0.342 e. The van der Waals surface area contributed by atoms with Crippen LogP contribution in [0.5, 0.6) is 0 Å². The molecule has 0 saturated carbocycles. The molecule has 0 radical (unpaired) electrons. The summed E-state index contributed by atoms with van der Waals surface area (Å²) in [5, 5.41) is 3.00. The van der Waals surface area contributed by atoms with E-state index in [0.29, 0.717) is 17.5 Å². The first-order chi connectivity index (χ1) is 7.25. The van der Waals surface area contributed by atoms with Gasteiger partial charge in [-0.2, -0.15) is 4.98 Å². The molecule has 0 aromatic carbocycles. The molecule has 5 heteroatoms. The number of fused-ring (bicyclic) bond motifs is 1. The Labute approximate surface area is 87.7 Å². The maximum Gasteiger partial charge on any atom is 0.228 e. The molecule has 2 aromatic rings. The minimum Gasteiger partial charge on any atom is -0.342 e. The average Bonchev–Trinajstić information content (AvgIpc) is 2.64. The maximum atomic E-state index is 4.22. The molecule has 0 atom stereocenters. The first-order valence-corrected chi connectivity index (χ1v) is 4.85. The minimum atomic E-state index is 0.506. The van der Waals surface area contributed by atoms with E-state index in [4.69, 9.17) is 0 Å². The Morgan fingerprint density at radius 2 is 2.27 bits per heavy atom. The Kier molecular flexibility index (Phi) is 2.62. The van der Waals surface area contributed by atoms with Crippen LogP contribution in [0.15, 0.2) is 24.8 Å². The summed E-state index contributed by atoms with van der Waals surface area (Å²) in [5.74, 6) is 1.07. The molecule has 0 aliphatic carbocycles. The number of allylic oxidation sites excluding steroid dienone is 1. The highest BCUT2D eigenvalue weighted by molar-refractivity contribution is 5.69. The van der Waals surface area contributed by atoms with Crippen LogP contribution in [0.4, 0.5) is 5.95 Å². The van der Waals surface area contributed by atoms with Crippen molar-refractivity contribution in [1.82, 2.24) is 19.9 Å². The summed E-state index contributed by atoms with van der Waals surface area (Å²) in [6.07, 6.45) is 7.20. The van der Waals surface area contributed by atoms with Crippen LogP contribution >= 0.6 is 0 Å². The molecule has 0 amide bonds. The van der Waals surface area contributed by atoms with E-state index >= 15 is 0 Å². The van der Waals surface area contributed by atoms with E-state index in [-0.39, 0.29) is 0 Å². The molecule has 0 unspecified atom stereocenters. The molecule has 2 rings (SSSR count). The number of aromatic amines is 1. The van der Waals surface area contributed by atoms with Gasteiger partial charge in [0, 0.05) is 6.20 Å². The van der Waals surface area contributed by atoms with Gasteiger partial charge in [0.15, 0.2) is 5.65 Å². The first-order valence-electron chi connectivity index (χ1n) is 4.85. The monoisotopic (exact) mass is 203 g/mol. The van der Waals surface area contributed by atoms with Gasteiger partial charge in [-0.05, 0) is 5.92 Å². The maximum absolute atomic E-state index is 4.22. The zero-order chi connectivity index (χ0) is 10.7. The Morgan fingerprint density at radius 1 is 1.40 bits per heavy atom. The van der Waals surface area contributed by atoms with Crippen LogP contribution in [0.1, 0.15) is 13.8 Å². The fraction of sp³-hybridized carbons (Fsp3) is 0.300. The molecular formula is C10H13N5. The summed E-state index contributed by atoms with van der Waals surface area (Å²) < 4.78 is 0. The van der Waals surface area contributed by atoms with E-state index in [2.05, 4.69) is 39.1 Å². The minimum absolute atomic E-state index is 0.506. The van der Waals surface area contributed by atoms with Crippen molar-refractivity contribution in [3.8, 4) is 0 Å². The number of aromatic nitrogens is 4. The molecule has 2 heterocycles. The number of H-pyrrole nitrogens is 1. The van der Waals surface area contributed by atoms with Crippen LogP contribution in [-0.2, 0) is 0 Å².